The Morgan fingerprint density at radius 1 is 0.812 bits per heavy atom. The van der Waals surface area contributed by atoms with Crippen LogP contribution in [0.1, 0.15) is 5.56 Å². The third-order valence-corrected chi connectivity index (χ3v) is 2.17. The van der Waals surface area contributed by atoms with Crippen LogP contribution >= 0.6 is 0 Å². The highest BCUT2D eigenvalue weighted by molar-refractivity contribution is 6.55. The summed E-state index contributed by atoms with van der Waals surface area (Å²) in [7, 11) is 0. The van der Waals surface area contributed by atoms with E-state index in [4.69, 9.17) is 0 Å². The summed E-state index contributed by atoms with van der Waals surface area (Å²) in [5, 5.41) is 0. The number of amidine groups is 3. The maximum atomic E-state index is 11.0. The zero-order valence-electron chi connectivity index (χ0n) is 8.16. The van der Waals surface area contributed by atoms with Crippen LogP contribution in [0.2, 0.25) is 0 Å². The number of carbonyl (C=O) groups is 1. The predicted octanol–water partition coefficient (Wildman–Crippen LogP) is 0.855. The highest BCUT2D eigenvalue weighted by Crippen LogP contribution is 2.11. The van der Waals surface area contributed by atoms with E-state index in [1.54, 1.807) is 0 Å². The van der Waals surface area contributed by atoms with Crippen molar-refractivity contribution >= 4 is 29.6 Å². The molecule has 16 heavy (non-hydrogen) atoms. The topological polar surface area (TPSA) is 66.5 Å². The van der Waals surface area contributed by atoms with E-state index in [1.807, 2.05) is 30.3 Å². The summed E-state index contributed by atoms with van der Waals surface area (Å²) < 4.78 is 0. The molecule has 2 aliphatic heterocycles. The molecule has 5 nitrogen and oxygen atoms in total. The van der Waals surface area contributed by atoms with E-state index in [0.29, 0.717) is 17.5 Å². The van der Waals surface area contributed by atoms with Crippen molar-refractivity contribution in [2.45, 2.75) is 0 Å². The van der Waals surface area contributed by atoms with Crippen LogP contribution in [0.15, 0.2) is 50.3 Å². The van der Waals surface area contributed by atoms with E-state index in [1.165, 1.54) is 0 Å². The summed E-state index contributed by atoms with van der Waals surface area (Å²) >= 11 is 0. The first kappa shape index (κ1) is 8.84. The molecule has 0 spiro atoms. The number of aliphatic imine (C=N–C) groups is 4. The van der Waals surface area contributed by atoms with Gasteiger partial charge in [-0.25, -0.2) is 15.0 Å². The molecule has 1 amide bonds. The van der Waals surface area contributed by atoms with Crippen LogP contribution in [0.5, 0.6) is 0 Å². The number of fused-ring (bicyclic) bond motifs is 1. The van der Waals surface area contributed by atoms with E-state index < -0.39 is 5.91 Å². The van der Waals surface area contributed by atoms with Gasteiger partial charge in [-0.3, -0.25) is 4.79 Å². The van der Waals surface area contributed by atoms with E-state index in [9.17, 15) is 4.79 Å². The van der Waals surface area contributed by atoms with Gasteiger partial charge in [0.25, 0.3) is 5.91 Å². The van der Waals surface area contributed by atoms with Crippen molar-refractivity contribution in [3.05, 3.63) is 35.9 Å². The number of rotatable bonds is 1. The molecule has 76 valence electrons. The highest BCUT2D eigenvalue weighted by Gasteiger charge is 2.22. The van der Waals surface area contributed by atoms with E-state index in [-0.39, 0.29) is 0 Å². The minimum atomic E-state index is -0.396. The van der Waals surface area contributed by atoms with Gasteiger partial charge in [0.05, 0.1) is 6.21 Å². The molecular weight excluding hydrogens is 204 g/mol. The lowest BCUT2D eigenvalue weighted by molar-refractivity contribution is -0.111. The minimum Gasteiger partial charge on any atom is -0.266 e. The average Bonchev–Trinajstić information content (AvgIpc) is 2.73. The van der Waals surface area contributed by atoms with Gasteiger partial charge in [0, 0.05) is 5.56 Å². The van der Waals surface area contributed by atoms with Gasteiger partial charge in [-0.05, 0) is 0 Å². The molecule has 2 aliphatic rings. The van der Waals surface area contributed by atoms with Crippen molar-refractivity contribution in [1.82, 2.24) is 0 Å². The molecule has 0 bridgehead atoms. The molecule has 0 atom stereocenters. The van der Waals surface area contributed by atoms with Crippen LogP contribution in [0.25, 0.3) is 0 Å². The number of hydrogen-bond donors (Lipinski definition) is 0. The third kappa shape index (κ3) is 1.38. The summed E-state index contributed by atoms with van der Waals surface area (Å²) in [5.41, 5.74) is 0.884. The Kier molecular flexibility index (Phi) is 1.83. The zero-order chi connectivity index (χ0) is 11.0. The van der Waals surface area contributed by atoms with E-state index in [0.717, 1.165) is 11.8 Å². The van der Waals surface area contributed by atoms with Crippen LogP contribution in [0, 0.1) is 0 Å². The van der Waals surface area contributed by atoms with Gasteiger partial charge in [-0.1, -0.05) is 30.3 Å². The second-order valence-corrected chi connectivity index (χ2v) is 3.27. The molecular formula is C11H6N4O. The van der Waals surface area contributed by atoms with Gasteiger partial charge in [0.15, 0.2) is 11.7 Å². The van der Waals surface area contributed by atoms with Gasteiger partial charge in [0.2, 0.25) is 5.84 Å². The molecule has 0 saturated carbocycles. The molecule has 0 unspecified atom stereocenters. The second-order valence-electron chi connectivity index (χ2n) is 3.27. The molecule has 0 radical (unpaired) electrons. The molecule has 2 heterocycles. The number of amides is 1. The fraction of sp³-hybridized carbons (Fsp3) is 0. The molecule has 0 N–H and O–H groups in total. The average molecular weight is 210 g/mol. The lowest BCUT2D eigenvalue weighted by atomic mass is 10.2. The number of hydrogen-bond acceptors (Lipinski definition) is 4. The summed E-state index contributed by atoms with van der Waals surface area (Å²) in [4.78, 5) is 27.0. The summed E-state index contributed by atoms with van der Waals surface area (Å²) in [5.74, 6) is 0.845. The Labute approximate surface area is 91.0 Å². The molecule has 1 aromatic rings. The Balaban J connectivity index is 2.05. The van der Waals surface area contributed by atoms with Crippen LogP contribution < -0.4 is 0 Å². The van der Waals surface area contributed by atoms with Gasteiger partial charge in [-0.15, -0.1) is 0 Å². The predicted molar refractivity (Wildman–Crippen MR) is 61.3 cm³/mol. The van der Waals surface area contributed by atoms with Gasteiger partial charge in [-0.2, -0.15) is 4.99 Å². The zero-order valence-corrected chi connectivity index (χ0v) is 8.16. The Morgan fingerprint density at radius 2 is 1.56 bits per heavy atom. The van der Waals surface area contributed by atoms with Crippen LogP contribution in [0.4, 0.5) is 0 Å². The van der Waals surface area contributed by atoms with Crippen molar-refractivity contribution in [2.75, 3.05) is 0 Å². The number of benzene rings is 1. The monoisotopic (exact) mass is 210 g/mol. The molecule has 0 aromatic heterocycles. The minimum absolute atomic E-state index is 0.298. The second kappa shape index (κ2) is 3.30. The SMILES string of the molecule is O=C1C=NC2=NC(c3ccccc3)=NC2=N1. The molecule has 0 fully saturated rings. The molecule has 0 saturated heterocycles. The first-order chi connectivity index (χ1) is 7.83. The molecule has 0 aliphatic carbocycles. The Bertz CT molecular complexity index is 581. The quantitative estimate of drug-likeness (QED) is 0.677. The van der Waals surface area contributed by atoms with Crippen molar-refractivity contribution < 1.29 is 4.79 Å². The Morgan fingerprint density at radius 3 is 2.38 bits per heavy atom. The maximum Gasteiger partial charge on any atom is 0.290 e. The standard InChI is InChI=1S/C11H6N4O/c16-8-6-12-10-11(13-8)15-9(14-10)7-4-2-1-3-5-7/h1-6H. The fourth-order valence-corrected chi connectivity index (χ4v) is 1.45. The number of carbonyl (C=O) groups excluding carboxylic acids is 1. The Hall–Kier alpha value is -2.43. The summed E-state index contributed by atoms with van der Waals surface area (Å²) in [6.45, 7) is 0. The number of nitrogens with zero attached hydrogens (tertiary/aromatic N) is 4. The van der Waals surface area contributed by atoms with Gasteiger partial charge < -0.3 is 0 Å². The lowest BCUT2D eigenvalue weighted by Gasteiger charge is -1.95. The maximum absolute atomic E-state index is 11.0. The summed E-state index contributed by atoms with van der Waals surface area (Å²) in [6.07, 6.45) is 1.14. The lowest BCUT2D eigenvalue weighted by Crippen LogP contribution is -2.15. The largest absolute Gasteiger partial charge is 0.290 e. The normalized spacial score (nSPS) is 17.8. The summed E-state index contributed by atoms with van der Waals surface area (Å²) in [6, 6.07) is 9.50. The van der Waals surface area contributed by atoms with Crippen molar-refractivity contribution in [3.63, 3.8) is 0 Å². The van der Waals surface area contributed by atoms with Crippen molar-refractivity contribution in [1.29, 1.82) is 0 Å². The van der Waals surface area contributed by atoms with Crippen LogP contribution in [-0.4, -0.2) is 29.6 Å². The highest BCUT2D eigenvalue weighted by atomic mass is 16.1. The molecule has 3 rings (SSSR count). The van der Waals surface area contributed by atoms with Gasteiger partial charge in [0.1, 0.15) is 0 Å². The first-order valence-electron chi connectivity index (χ1n) is 4.73. The van der Waals surface area contributed by atoms with E-state index >= 15 is 0 Å². The molecule has 1 aromatic carbocycles. The van der Waals surface area contributed by atoms with Crippen molar-refractivity contribution in [2.24, 2.45) is 20.0 Å². The third-order valence-electron chi connectivity index (χ3n) is 2.17. The van der Waals surface area contributed by atoms with Crippen molar-refractivity contribution in [3.8, 4) is 0 Å². The smallest absolute Gasteiger partial charge is 0.266 e. The van der Waals surface area contributed by atoms with Crippen LogP contribution in [-0.2, 0) is 4.79 Å². The first-order valence-corrected chi connectivity index (χ1v) is 4.73. The fourth-order valence-electron chi connectivity index (χ4n) is 1.45. The molecule has 5 heteroatoms. The van der Waals surface area contributed by atoms with E-state index in [2.05, 4.69) is 20.0 Å². The van der Waals surface area contributed by atoms with Crippen LogP contribution in [0.3, 0.4) is 0 Å². The van der Waals surface area contributed by atoms with Gasteiger partial charge >= 0.3 is 0 Å².